The zero-order valence-electron chi connectivity index (χ0n) is 40.7. The second-order valence-corrected chi connectivity index (χ2v) is 23.2. The Bertz CT molecular complexity index is 2500. The van der Waals surface area contributed by atoms with Crippen LogP contribution in [0.1, 0.15) is 105 Å². The fourth-order valence-corrected chi connectivity index (χ4v) is 11.6. The van der Waals surface area contributed by atoms with Crippen LogP contribution < -0.4 is 25.2 Å². The van der Waals surface area contributed by atoms with Gasteiger partial charge in [0.2, 0.25) is 33.3 Å². The van der Waals surface area contributed by atoms with E-state index in [4.69, 9.17) is 29.7 Å². The number of amides is 4. The number of hydrogen-bond acceptors (Lipinski definition) is 13. The zero-order valence-corrected chi connectivity index (χ0v) is 42.4. The number of rotatable bonds is 20. The van der Waals surface area contributed by atoms with Crippen LogP contribution in [-0.4, -0.2) is 108 Å². The highest BCUT2D eigenvalue weighted by Crippen LogP contribution is 2.43. The van der Waals surface area contributed by atoms with Crippen molar-refractivity contribution in [2.24, 2.45) is 29.4 Å². The van der Waals surface area contributed by atoms with Crippen LogP contribution in [0.4, 0.5) is 18.0 Å². The highest BCUT2D eigenvalue weighted by Gasteiger charge is 2.60. The van der Waals surface area contributed by atoms with E-state index in [1.165, 1.54) is 16.2 Å². The minimum atomic E-state index is -4.97. The van der Waals surface area contributed by atoms with Gasteiger partial charge in [0.15, 0.2) is 0 Å². The molecule has 2 saturated carbocycles. The molecule has 2 aliphatic heterocycles. The molecular weight excluding hydrogens is 966 g/mol. The van der Waals surface area contributed by atoms with Crippen LogP contribution in [0.3, 0.4) is 0 Å². The molecule has 0 radical (unpaired) electrons. The summed E-state index contributed by atoms with van der Waals surface area (Å²) in [5.41, 5.74) is 6.58. The lowest BCUT2D eigenvalue weighted by molar-refractivity contribution is -0.285. The number of nitrogens with two attached hydrogens (primary N) is 1. The number of allylic oxidation sites excluding steroid dienone is 2. The second-order valence-electron chi connectivity index (χ2n) is 20.1. The van der Waals surface area contributed by atoms with Crippen LogP contribution >= 0.6 is 11.3 Å². The molecule has 71 heavy (non-hydrogen) atoms. The van der Waals surface area contributed by atoms with Crippen molar-refractivity contribution in [3.63, 3.8) is 0 Å². The monoisotopic (exact) mass is 1030 g/mol. The predicted octanol–water partition coefficient (Wildman–Crippen LogP) is 8.11. The van der Waals surface area contributed by atoms with Gasteiger partial charge in [-0.15, -0.1) is 11.3 Å². The third-order valence-electron chi connectivity index (χ3n) is 14.0. The molecule has 4 fully saturated rings. The summed E-state index contributed by atoms with van der Waals surface area (Å²) in [7, 11) is -3.76. The predicted molar refractivity (Wildman–Crippen MR) is 259 cm³/mol. The SMILES string of the molecule is CC(C)Oc1ccc(-c2cc(O[C@@H]3C[C@@H](C(N)=O)N(C(=O)[C@@H](NC(=O)OC4(C(F)(F)F)CCCOC4)[C@H](C)C[C@H](C)CC/C=C\[C@@H]4CCCC4C(=O)NS(=O)(=O)C4(C)CC4)C3)cc(-c3cncs3)n2)cc1. The van der Waals surface area contributed by atoms with Crippen LogP contribution in [0.2, 0.25) is 0 Å². The molecular formula is C50H65F3N6O10S2. The number of alkyl carbamates (subject to hydrolysis) is 1. The first-order chi connectivity index (χ1) is 33.6. The molecule has 3 aromatic rings. The average molecular weight is 1030 g/mol. The standard InChI is InChI=1S/C50H65F3N6O10S2/c1-30(2)67-35-16-14-34(15-17-35)39-23-36(24-40(56-39)42-26-55-29-70-42)68-37-25-41(44(54)60)59(27-37)46(62)43(57-47(63)69-49(50(51,52)53)18-9-21-66-28-49)32(4)22-31(3)10-6-7-11-33-12-8-13-38(33)45(61)58-71(64,65)48(5)19-20-48/h7,11,14-17,23-24,26,29-33,37-38,41,43H,6,8-10,12-13,18-22,25,27-28H2,1-5H3,(H2,54,60)(H,57,63)(H,58,61)/b11-7-/t31-,32-,33-,37-,38?,41+,43+,49?/m1/s1. The van der Waals surface area contributed by atoms with E-state index in [2.05, 4.69) is 15.0 Å². The van der Waals surface area contributed by atoms with E-state index >= 15 is 0 Å². The largest absolute Gasteiger partial charge is 0.491 e. The van der Waals surface area contributed by atoms with E-state index in [1.807, 2.05) is 57.2 Å². The van der Waals surface area contributed by atoms with Crippen molar-refractivity contribution in [2.75, 3.05) is 19.8 Å². The number of ether oxygens (including phenoxy) is 4. The molecule has 388 valence electrons. The van der Waals surface area contributed by atoms with Crippen molar-refractivity contribution in [2.45, 2.75) is 146 Å². The maximum absolute atomic E-state index is 14.8. The number of carbonyl (C=O) groups is 4. The summed E-state index contributed by atoms with van der Waals surface area (Å²) in [6.45, 7) is 8.15. The second kappa shape index (κ2) is 22.2. The fraction of sp³-hybridized carbons (Fsp3) is 0.600. The van der Waals surface area contributed by atoms with Crippen LogP contribution in [0, 0.1) is 23.7 Å². The van der Waals surface area contributed by atoms with Gasteiger partial charge in [-0.25, -0.2) is 18.2 Å². The topological polar surface area (TPSA) is 218 Å². The molecule has 2 unspecified atom stereocenters. The summed E-state index contributed by atoms with van der Waals surface area (Å²) >= 11 is 1.38. The van der Waals surface area contributed by atoms with E-state index in [0.29, 0.717) is 61.4 Å². The Morgan fingerprint density at radius 3 is 2.39 bits per heavy atom. The molecule has 4 N–H and O–H groups in total. The molecule has 1 aromatic carbocycles. The summed E-state index contributed by atoms with van der Waals surface area (Å²) < 4.78 is 93.0. The van der Waals surface area contributed by atoms with E-state index in [-0.39, 0.29) is 43.9 Å². The summed E-state index contributed by atoms with van der Waals surface area (Å²) in [6, 6.07) is 8.25. The minimum absolute atomic E-state index is 0.00676. The minimum Gasteiger partial charge on any atom is -0.491 e. The number of carbonyl (C=O) groups excluding carboxylic acids is 4. The van der Waals surface area contributed by atoms with Crippen molar-refractivity contribution in [1.29, 1.82) is 0 Å². The first-order valence-corrected chi connectivity index (χ1v) is 26.7. The molecule has 2 saturated heterocycles. The van der Waals surface area contributed by atoms with Crippen LogP contribution in [0.15, 0.2) is 60.3 Å². The van der Waals surface area contributed by atoms with Crippen molar-refractivity contribution >= 4 is 45.2 Å². The molecule has 8 atom stereocenters. The molecule has 2 aliphatic carbocycles. The number of alkyl halides is 3. The Balaban J connectivity index is 1.06. The van der Waals surface area contributed by atoms with Gasteiger partial charge in [-0.05, 0) is 114 Å². The average Bonchev–Trinajstić information content (AvgIpc) is 3.70. The number of primary amides is 1. The molecule has 0 spiro atoms. The molecule has 4 aliphatic rings. The number of benzene rings is 1. The normalized spacial score (nSPS) is 24.5. The summed E-state index contributed by atoms with van der Waals surface area (Å²) in [5.74, 6) is -2.37. The number of thiazole rings is 1. The number of halogens is 3. The van der Waals surface area contributed by atoms with E-state index in [9.17, 15) is 40.8 Å². The van der Waals surface area contributed by atoms with Crippen molar-refractivity contribution in [3.8, 4) is 33.3 Å². The molecule has 4 heterocycles. The van der Waals surface area contributed by atoms with Gasteiger partial charge in [0.05, 0.1) is 45.8 Å². The van der Waals surface area contributed by atoms with Gasteiger partial charge < -0.3 is 34.9 Å². The summed E-state index contributed by atoms with van der Waals surface area (Å²) in [6.07, 6.45) is 2.44. The Hall–Kier alpha value is -5.28. The number of aromatic nitrogens is 2. The summed E-state index contributed by atoms with van der Waals surface area (Å²) in [5, 5.41) is 2.46. The number of likely N-dealkylation sites (tertiary alicyclic amines) is 1. The number of sulfonamides is 1. The quantitative estimate of drug-likeness (QED) is 0.0915. The molecule has 7 rings (SSSR count). The van der Waals surface area contributed by atoms with Crippen LogP contribution in [-0.2, 0) is 33.9 Å². The summed E-state index contributed by atoms with van der Waals surface area (Å²) in [4.78, 5) is 65.7. The highest BCUT2D eigenvalue weighted by atomic mass is 32.2. The maximum Gasteiger partial charge on any atom is 0.430 e. The number of nitrogens with zero attached hydrogens (tertiary/aromatic N) is 3. The van der Waals surface area contributed by atoms with Gasteiger partial charge >= 0.3 is 12.3 Å². The Morgan fingerprint density at radius 1 is 1.03 bits per heavy atom. The molecule has 2 aromatic heterocycles. The zero-order chi connectivity index (χ0) is 51.3. The van der Waals surface area contributed by atoms with Crippen molar-refractivity contribution in [1.82, 2.24) is 24.9 Å². The third-order valence-corrected chi connectivity index (χ3v) is 17.0. The van der Waals surface area contributed by atoms with Gasteiger partial charge in [0, 0.05) is 49.3 Å². The molecule has 4 amide bonds. The van der Waals surface area contributed by atoms with Crippen molar-refractivity contribution in [3.05, 3.63) is 60.3 Å². The maximum atomic E-state index is 14.8. The van der Waals surface area contributed by atoms with Gasteiger partial charge in [-0.3, -0.25) is 24.1 Å². The van der Waals surface area contributed by atoms with Crippen LogP contribution in [0.5, 0.6) is 11.5 Å². The first kappa shape index (κ1) is 53.5. The molecule has 16 nitrogen and oxygen atoms in total. The molecule has 21 heteroatoms. The van der Waals surface area contributed by atoms with E-state index < -0.39 is 93.4 Å². The van der Waals surface area contributed by atoms with Crippen LogP contribution in [0.25, 0.3) is 21.8 Å². The highest BCUT2D eigenvalue weighted by molar-refractivity contribution is 7.91. The number of pyridine rings is 1. The molecule has 0 bridgehead atoms. The van der Waals surface area contributed by atoms with Gasteiger partial charge in [0.1, 0.15) is 29.7 Å². The lowest BCUT2D eigenvalue weighted by atomic mass is 9.87. The first-order valence-electron chi connectivity index (χ1n) is 24.4. The van der Waals surface area contributed by atoms with Gasteiger partial charge in [-0.1, -0.05) is 32.4 Å². The van der Waals surface area contributed by atoms with Gasteiger partial charge in [-0.2, -0.15) is 13.2 Å². The fourth-order valence-electron chi connectivity index (χ4n) is 9.71. The van der Waals surface area contributed by atoms with E-state index in [0.717, 1.165) is 23.3 Å². The van der Waals surface area contributed by atoms with Gasteiger partial charge in [0.25, 0.3) is 0 Å². The number of nitrogens with one attached hydrogen (secondary N) is 2. The Kier molecular flexibility index (Phi) is 16.8. The lowest BCUT2D eigenvalue weighted by Gasteiger charge is -2.38. The lowest BCUT2D eigenvalue weighted by Crippen LogP contribution is -2.59. The Labute approximate surface area is 417 Å². The smallest absolute Gasteiger partial charge is 0.430 e. The number of hydrogen-bond donors (Lipinski definition) is 3. The third kappa shape index (κ3) is 13.0. The van der Waals surface area contributed by atoms with Crippen molar-refractivity contribution < 1.29 is 59.7 Å². The Morgan fingerprint density at radius 2 is 1.76 bits per heavy atom. The van der Waals surface area contributed by atoms with E-state index in [1.54, 1.807) is 37.7 Å².